The van der Waals surface area contributed by atoms with Gasteiger partial charge in [0.2, 0.25) is 5.91 Å². The number of carbonyl (C=O) groups excluding carboxylic acids is 1. The highest BCUT2D eigenvalue weighted by atomic mass is 16.2. The molecule has 0 fully saturated rings. The molecule has 0 heterocycles. The number of hydrogen-bond donors (Lipinski definition) is 2. The van der Waals surface area contributed by atoms with Crippen LogP contribution in [-0.2, 0) is 4.79 Å². The van der Waals surface area contributed by atoms with Crippen LogP contribution >= 0.6 is 0 Å². The van der Waals surface area contributed by atoms with E-state index >= 15 is 0 Å². The van der Waals surface area contributed by atoms with E-state index in [9.17, 15) is 4.79 Å². The number of hydrogen-bond acceptors (Lipinski definition) is 2. The second-order valence-corrected chi connectivity index (χ2v) is 4.12. The van der Waals surface area contributed by atoms with E-state index in [1.807, 2.05) is 13.8 Å². The molecule has 3 N–H and O–H groups in total. The first-order valence-electron chi connectivity index (χ1n) is 5.62. The van der Waals surface area contributed by atoms with Crippen molar-refractivity contribution in [3.63, 3.8) is 0 Å². The summed E-state index contributed by atoms with van der Waals surface area (Å²) in [5.41, 5.74) is 5.69. The van der Waals surface area contributed by atoms with Gasteiger partial charge in [-0.3, -0.25) is 4.79 Å². The molecule has 0 aromatic heterocycles. The Morgan fingerprint density at radius 3 is 2.43 bits per heavy atom. The molecule has 0 aliphatic heterocycles. The number of unbranched alkanes of at least 4 members (excludes halogenated alkanes) is 3. The van der Waals surface area contributed by atoms with E-state index in [1.165, 1.54) is 19.3 Å². The van der Waals surface area contributed by atoms with Crippen LogP contribution in [0.2, 0.25) is 0 Å². The maximum Gasteiger partial charge on any atom is 0.237 e. The van der Waals surface area contributed by atoms with Crippen LogP contribution in [0.3, 0.4) is 0 Å². The fraction of sp³-hybridized carbons (Fsp3) is 0.909. The first kappa shape index (κ1) is 13.4. The second-order valence-electron chi connectivity index (χ2n) is 4.12. The smallest absolute Gasteiger partial charge is 0.237 e. The monoisotopic (exact) mass is 200 g/mol. The van der Waals surface area contributed by atoms with Gasteiger partial charge in [0.05, 0.1) is 6.04 Å². The number of rotatable bonds is 7. The lowest BCUT2D eigenvalue weighted by atomic mass is 10.1. The van der Waals surface area contributed by atoms with Gasteiger partial charge in [-0.15, -0.1) is 0 Å². The molecule has 0 saturated heterocycles. The van der Waals surface area contributed by atoms with Crippen LogP contribution in [0.25, 0.3) is 0 Å². The summed E-state index contributed by atoms with van der Waals surface area (Å²) in [6.45, 7) is 6.86. The molecule has 3 nitrogen and oxygen atoms in total. The number of nitrogens with two attached hydrogens (primary N) is 1. The van der Waals surface area contributed by atoms with Crippen molar-refractivity contribution in [2.24, 2.45) is 11.7 Å². The van der Waals surface area contributed by atoms with Gasteiger partial charge in [0, 0.05) is 6.54 Å². The van der Waals surface area contributed by atoms with Crippen LogP contribution in [0.4, 0.5) is 0 Å². The fourth-order valence-corrected chi connectivity index (χ4v) is 1.18. The molecule has 14 heavy (non-hydrogen) atoms. The van der Waals surface area contributed by atoms with Gasteiger partial charge in [-0.1, -0.05) is 40.0 Å². The molecule has 84 valence electrons. The van der Waals surface area contributed by atoms with Crippen LogP contribution in [0.5, 0.6) is 0 Å². The highest BCUT2D eigenvalue weighted by Crippen LogP contribution is 1.99. The summed E-state index contributed by atoms with van der Waals surface area (Å²) in [6.07, 6.45) is 4.71. The predicted molar refractivity (Wildman–Crippen MR) is 60.0 cm³/mol. The number of carbonyl (C=O) groups is 1. The van der Waals surface area contributed by atoms with E-state index < -0.39 is 0 Å². The van der Waals surface area contributed by atoms with Gasteiger partial charge in [-0.2, -0.15) is 0 Å². The quantitative estimate of drug-likeness (QED) is 0.614. The van der Waals surface area contributed by atoms with Gasteiger partial charge < -0.3 is 11.1 Å². The van der Waals surface area contributed by atoms with Crippen LogP contribution in [0.1, 0.15) is 46.5 Å². The normalized spacial score (nSPS) is 12.9. The van der Waals surface area contributed by atoms with Gasteiger partial charge in [0.25, 0.3) is 0 Å². The van der Waals surface area contributed by atoms with Crippen LogP contribution < -0.4 is 11.1 Å². The SMILES string of the molecule is CCCCCCNC(=O)[C@H](N)C(C)C. The van der Waals surface area contributed by atoms with Crippen LogP contribution in [0, 0.1) is 5.92 Å². The summed E-state index contributed by atoms with van der Waals surface area (Å²) in [4.78, 5) is 11.4. The summed E-state index contributed by atoms with van der Waals surface area (Å²) >= 11 is 0. The highest BCUT2D eigenvalue weighted by molar-refractivity contribution is 5.81. The third-order valence-electron chi connectivity index (χ3n) is 2.35. The Morgan fingerprint density at radius 1 is 1.29 bits per heavy atom. The molecule has 0 saturated carbocycles. The standard InChI is InChI=1S/C11H24N2O/c1-4-5-6-7-8-13-11(14)10(12)9(2)3/h9-10H,4-8,12H2,1-3H3,(H,13,14)/t10-/m1/s1. The molecule has 0 aliphatic carbocycles. The Labute approximate surface area is 87.4 Å². The van der Waals surface area contributed by atoms with E-state index in [4.69, 9.17) is 5.73 Å². The molecule has 1 amide bonds. The third-order valence-corrected chi connectivity index (χ3v) is 2.35. The average Bonchev–Trinajstić information content (AvgIpc) is 2.16. The molecule has 0 radical (unpaired) electrons. The Morgan fingerprint density at radius 2 is 1.93 bits per heavy atom. The summed E-state index contributed by atoms with van der Waals surface area (Å²) < 4.78 is 0. The van der Waals surface area contributed by atoms with E-state index in [-0.39, 0.29) is 17.9 Å². The van der Waals surface area contributed by atoms with Crippen molar-refractivity contribution in [1.29, 1.82) is 0 Å². The lowest BCUT2D eigenvalue weighted by Gasteiger charge is -2.15. The molecule has 0 rings (SSSR count). The van der Waals surface area contributed by atoms with Crippen molar-refractivity contribution in [1.82, 2.24) is 5.32 Å². The van der Waals surface area contributed by atoms with Crippen molar-refractivity contribution < 1.29 is 4.79 Å². The fourth-order valence-electron chi connectivity index (χ4n) is 1.18. The van der Waals surface area contributed by atoms with Crippen LogP contribution in [-0.4, -0.2) is 18.5 Å². The van der Waals surface area contributed by atoms with E-state index in [0.717, 1.165) is 13.0 Å². The van der Waals surface area contributed by atoms with Gasteiger partial charge in [0.1, 0.15) is 0 Å². The molecule has 3 heteroatoms. The molecule has 0 aliphatic rings. The van der Waals surface area contributed by atoms with Gasteiger partial charge >= 0.3 is 0 Å². The first-order valence-corrected chi connectivity index (χ1v) is 5.62. The molecule has 0 bridgehead atoms. The Balaban J connectivity index is 3.44. The highest BCUT2D eigenvalue weighted by Gasteiger charge is 2.15. The summed E-state index contributed by atoms with van der Waals surface area (Å²) in [5, 5.41) is 2.86. The van der Waals surface area contributed by atoms with Gasteiger partial charge in [-0.25, -0.2) is 0 Å². The van der Waals surface area contributed by atoms with Crippen LogP contribution in [0.15, 0.2) is 0 Å². The Bertz CT molecular complexity index is 157. The second kappa shape index (κ2) is 7.80. The van der Waals surface area contributed by atoms with Gasteiger partial charge in [-0.05, 0) is 12.3 Å². The summed E-state index contributed by atoms with van der Waals surface area (Å²) in [7, 11) is 0. The Hall–Kier alpha value is -0.570. The van der Waals surface area contributed by atoms with E-state index in [1.54, 1.807) is 0 Å². The van der Waals surface area contributed by atoms with Crippen molar-refractivity contribution in [2.75, 3.05) is 6.54 Å². The van der Waals surface area contributed by atoms with Crippen molar-refractivity contribution in [3.8, 4) is 0 Å². The molecule has 0 unspecified atom stereocenters. The zero-order valence-corrected chi connectivity index (χ0v) is 9.68. The van der Waals surface area contributed by atoms with Crippen molar-refractivity contribution in [3.05, 3.63) is 0 Å². The van der Waals surface area contributed by atoms with E-state index in [2.05, 4.69) is 12.2 Å². The first-order chi connectivity index (χ1) is 6.59. The summed E-state index contributed by atoms with van der Waals surface area (Å²) in [6, 6.07) is -0.360. The molecule has 0 spiro atoms. The minimum absolute atomic E-state index is 0.0171. The lowest BCUT2D eigenvalue weighted by molar-refractivity contribution is -0.123. The zero-order chi connectivity index (χ0) is 11.0. The van der Waals surface area contributed by atoms with Crippen molar-refractivity contribution >= 4 is 5.91 Å². The molecule has 0 aromatic rings. The number of nitrogens with one attached hydrogen (secondary N) is 1. The molecule has 0 aromatic carbocycles. The predicted octanol–water partition coefficient (Wildman–Crippen LogP) is 1.67. The molecular weight excluding hydrogens is 176 g/mol. The van der Waals surface area contributed by atoms with Crippen molar-refractivity contribution in [2.45, 2.75) is 52.5 Å². The molecular formula is C11H24N2O. The minimum atomic E-state index is -0.360. The minimum Gasteiger partial charge on any atom is -0.355 e. The average molecular weight is 200 g/mol. The maximum absolute atomic E-state index is 11.4. The maximum atomic E-state index is 11.4. The number of amides is 1. The lowest BCUT2D eigenvalue weighted by Crippen LogP contribution is -2.44. The summed E-state index contributed by atoms with van der Waals surface area (Å²) in [5.74, 6) is 0.196. The van der Waals surface area contributed by atoms with Gasteiger partial charge in [0.15, 0.2) is 0 Å². The van der Waals surface area contributed by atoms with E-state index in [0.29, 0.717) is 0 Å². The molecule has 1 atom stereocenters. The topological polar surface area (TPSA) is 55.1 Å². The largest absolute Gasteiger partial charge is 0.355 e. The Kier molecular flexibility index (Phi) is 7.48. The zero-order valence-electron chi connectivity index (χ0n) is 9.68. The third kappa shape index (κ3) is 5.97.